The SMILES string of the molecule is COc1ccc(C2CC(C)CCN2)c(F)c1. The highest BCUT2D eigenvalue weighted by molar-refractivity contribution is 5.31. The summed E-state index contributed by atoms with van der Waals surface area (Å²) in [6.45, 7) is 3.19. The fourth-order valence-electron chi connectivity index (χ4n) is 2.26. The van der Waals surface area contributed by atoms with Crippen LogP contribution in [0.15, 0.2) is 18.2 Å². The van der Waals surface area contributed by atoms with Crippen molar-refractivity contribution in [3.05, 3.63) is 29.6 Å². The van der Waals surface area contributed by atoms with Crippen molar-refractivity contribution in [2.45, 2.75) is 25.8 Å². The molecule has 0 saturated carbocycles. The number of hydrogen-bond donors (Lipinski definition) is 1. The van der Waals surface area contributed by atoms with E-state index in [0.717, 1.165) is 18.5 Å². The standard InChI is InChI=1S/C13H18FNO/c1-9-5-6-15-13(7-9)11-4-3-10(16-2)8-12(11)14/h3-4,8-9,13,15H,5-7H2,1-2H3. The highest BCUT2D eigenvalue weighted by Gasteiger charge is 2.22. The molecule has 1 aromatic carbocycles. The highest BCUT2D eigenvalue weighted by Crippen LogP contribution is 2.29. The van der Waals surface area contributed by atoms with E-state index in [1.807, 2.05) is 12.1 Å². The van der Waals surface area contributed by atoms with Crippen molar-refractivity contribution in [1.82, 2.24) is 5.32 Å². The summed E-state index contributed by atoms with van der Waals surface area (Å²) >= 11 is 0. The average molecular weight is 223 g/mol. The molecule has 1 aliphatic rings. The normalized spacial score (nSPS) is 25.4. The van der Waals surface area contributed by atoms with E-state index in [0.29, 0.717) is 11.7 Å². The Morgan fingerprint density at radius 2 is 2.25 bits per heavy atom. The molecule has 16 heavy (non-hydrogen) atoms. The summed E-state index contributed by atoms with van der Waals surface area (Å²) in [4.78, 5) is 0. The molecule has 2 unspecified atom stereocenters. The third-order valence-electron chi connectivity index (χ3n) is 3.25. The van der Waals surface area contributed by atoms with Gasteiger partial charge >= 0.3 is 0 Å². The zero-order valence-corrected chi connectivity index (χ0v) is 9.79. The molecule has 88 valence electrons. The van der Waals surface area contributed by atoms with Gasteiger partial charge in [-0.25, -0.2) is 4.39 Å². The lowest BCUT2D eigenvalue weighted by Gasteiger charge is -2.28. The Morgan fingerprint density at radius 1 is 1.44 bits per heavy atom. The van der Waals surface area contributed by atoms with Gasteiger partial charge in [0.25, 0.3) is 0 Å². The lowest BCUT2D eigenvalue weighted by Crippen LogP contribution is -2.31. The van der Waals surface area contributed by atoms with Gasteiger partial charge in [-0.1, -0.05) is 13.0 Å². The molecule has 2 atom stereocenters. The van der Waals surface area contributed by atoms with Crippen molar-refractivity contribution in [2.75, 3.05) is 13.7 Å². The second-order valence-electron chi connectivity index (χ2n) is 4.52. The van der Waals surface area contributed by atoms with Gasteiger partial charge in [0, 0.05) is 17.7 Å². The van der Waals surface area contributed by atoms with Gasteiger partial charge in [0.2, 0.25) is 0 Å². The maximum atomic E-state index is 13.8. The van der Waals surface area contributed by atoms with Crippen LogP contribution in [0.2, 0.25) is 0 Å². The summed E-state index contributed by atoms with van der Waals surface area (Å²) < 4.78 is 18.8. The molecular weight excluding hydrogens is 205 g/mol. The number of nitrogens with one attached hydrogen (secondary N) is 1. The quantitative estimate of drug-likeness (QED) is 0.832. The van der Waals surface area contributed by atoms with Crippen molar-refractivity contribution >= 4 is 0 Å². The molecule has 0 aromatic heterocycles. The first kappa shape index (κ1) is 11.4. The largest absolute Gasteiger partial charge is 0.497 e. The van der Waals surface area contributed by atoms with Gasteiger partial charge < -0.3 is 10.1 Å². The van der Waals surface area contributed by atoms with Crippen LogP contribution in [0.1, 0.15) is 31.4 Å². The van der Waals surface area contributed by atoms with Crippen molar-refractivity contribution in [3.63, 3.8) is 0 Å². The Morgan fingerprint density at radius 3 is 2.88 bits per heavy atom. The first-order valence-electron chi connectivity index (χ1n) is 5.77. The zero-order chi connectivity index (χ0) is 11.5. The molecule has 0 spiro atoms. The predicted molar refractivity (Wildman–Crippen MR) is 62.1 cm³/mol. The molecule has 1 N–H and O–H groups in total. The first-order valence-corrected chi connectivity index (χ1v) is 5.77. The average Bonchev–Trinajstić information content (AvgIpc) is 2.28. The molecule has 0 radical (unpaired) electrons. The van der Waals surface area contributed by atoms with Crippen LogP contribution in [0.25, 0.3) is 0 Å². The van der Waals surface area contributed by atoms with Gasteiger partial charge in [-0.15, -0.1) is 0 Å². The summed E-state index contributed by atoms with van der Waals surface area (Å²) in [5, 5.41) is 3.36. The van der Waals surface area contributed by atoms with E-state index in [4.69, 9.17) is 4.74 Å². The van der Waals surface area contributed by atoms with Crippen LogP contribution in [0.5, 0.6) is 5.75 Å². The summed E-state index contributed by atoms with van der Waals surface area (Å²) in [5.41, 5.74) is 0.757. The van der Waals surface area contributed by atoms with Gasteiger partial charge in [-0.05, 0) is 31.4 Å². The minimum absolute atomic E-state index is 0.148. The number of hydrogen-bond acceptors (Lipinski definition) is 2. The molecule has 0 bridgehead atoms. The Kier molecular flexibility index (Phi) is 3.44. The van der Waals surface area contributed by atoms with Crippen molar-refractivity contribution in [2.24, 2.45) is 5.92 Å². The monoisotopic (exact) mass is 223 g/mol. The van der Waals surface area contributed by atoms with Crippen LogP contribution >= 0.6 is 0 Å². The molecule has 1 aromatic rings. The molecule has 2 rings (SSSR count). The number of methoxy groups -OCH3 is 1. The smallest absolute Gasteiger partial charge is 0.131 e. The second-order valence-corrected chi connectivity index (χ2v) is 4.52. The van der Waals surface area contributed by atoms with Crippen molar-refractivity contribution < 1.29 is 9.13 Å². The lowest BCUT2D eigenvalue weighted by molar-refractivity contribution is 0.318. The van der Waals surface area contributed by atoms with E-state index in [2.05, 4.69) is 12.2 Å². The van der Waals surface area contributed by atoms with E-state index in [-0.39, 0.29) is 11.9 Å². The van der Waals surface area contributed by atoms with Gasteiger partial charge in [0.05, 0.1) is 7.11 Å². The molecule has 1 heterocycles. The van der Waals surface area contributed by atoms with Gasteiger partial charge in [0.15, 0.2) is 0 Å². The summed E-state index contributed by atoms with van der Waals surface area (Å²) in [5.74, 6) is 1.06. The number of halogens is 1. The van der Waals surface area contributed by atoms with E-state index >= 15 is 0 Å². The predicted octanol–water partition coefficient (Wildman–Crippen LogP) is 2.89. The summed E-state index contributed by atoms with van der Waals surface area (Å²) in [7, 11) is 1.55. The zero-order valence-electron chi connectivity index (χ0n) is 9.79. The van der Waals surface area contributed by atoms with Crippen LogP contribution in [-0.4, -0.2) is 13.7 Å². The van der Waals surface area contributed by atoms with E-state index in [9.17, 15) is 4.39 Å². The Balaban J connectivity index is 2.19. The molecule has 1 saturated heterocycles. The minimum Gasteiger partial charge on any atom is -0.497 e. The van der Waals surface area contributed by atoms with Crippen LogP contribution < -0.4 is 10.1 Å². The fourth-order valence-corrected chi connectivity index (χ4v) is 2.26. The molecule has 3 heteroatoms. The van der Waals surface area contributed by atoms with E-state index in [1.165, 1.54) is 12.5 Å². The van der Waals surface area contributed by atoms with Crippen molar-refractivity contribution in [3.8, 4) is 5.75 Å². The second kappa shape index (κ2) is 4.83. The Labute approximate surface area is 95.8 Å². The maximum Gasteiger partial charge on any atom is 0.131 e. The topological polar surface area (TPSA) is 21.3 Å². The van der Waals surface area contributed by atoms with Crippen LogP contribution in [0, 0.1) is 11.7 Å². The van der Waals surface area contributed by atoms with Crippen LogP contribution in [0.3, 0.4) is 0 Å². The van der Waals surface area contributed by atoms with Crippen molar-refractivity contribution in [1.29, 1.82) is 0 Å². The Bertz CT molecular complexity index is 367. The number of rotatable bonds is 2. The number of benzene rings is 1. The van der Waals surface area contributed by atoms with Gasteiger partial charge in [-0.2, -0.15) is 0 Å². The molecule has 2 nitrogen and oxygen atoms in total. The van der Waals surface area contributed by atoms with E-state index in [1.54, 1.807) is 7.11 Å². The summed E-state index contributed by atoms with van der Waals surface area (Å²) in [6, 6.07) is 5.24. The van der Waals surface area contributed by atoms with Crippen LogP contribution in [-0.2, 0) is 0 Å². The molecule has 1 fully saturated rings. The maximum absolute atomic E-state index is 13.8. The molecular formula is C13H18FNO. The third-order valence-corrected chi connectivity index (χ3v) is 3.25. The minimum atomic E-state index is -0.175. The van der Waals surface area contributed by atoms with E-state index < -0.39 is 0 Å². The van der Waals surface area contributed by atoms with Gasteiger partial charge in [-0.3, -0.25) is 0 Å². The fraction of sp³-hybridized carbons (Fsp3) is 0.538. The highest BCUT2D eigenvalue weighted by atomic mass is 19.1. The lowest BCUT2D eigenvalue weighted by atomic mass is 9.90. The number of piperidine rings is 1. The molecule has 0 aliphatic carbocycles. The molecule has 0 amide bonds. The summed E-state index contributed by atoms with van der Waals surface area (Å²) in [6.07, 6.45) is 2.18. The Hall–Kier alpha value is -1.09. The third kappa shape index (κ3) is 2.35. The number of ether oxygens (including phenoxy) is 1. The van der Waals surface area contributed by atoms with Gasteiger partial charge in [0.1, 0.15) is 11.6 Å². The first-order chi connectivity index (χ1) is 7.70. The van der Waals surface area contributed by atoms with Crippen LogP contribution in [0.4, 0.5) is 4.39 Å². The molecule has 1 aliphatic heterocycles.